The van der Waals surface area contributed by atoms with E-state index in [1.807, 2.05) is 49.4 Å². The first-order chi connectivity index (χ1) is 33.4. The summed E-state index contributed by atoms with van der Waals surface area (Å²) in [6.07, 6.45) is 0.876. The summed E-state index contributed by atoms with van der Waals surface area (Å²) >= 11 is 6.73. The maximum absolute atomic E-state index is 13.7. The molecule has 69 heavy (non-hydrogen) atoms. The van der Waals surface area contributed by atoms with Crippen molar-refractivity contribution in [1.82, 2.24) is 10.2 Å². The molecular formula is C52H51ClN4O12. The number of likely N-dealkylation sites (N-methyl/N-ethyl adjacent to an activating group) is 1. The lowest BCUT2D eigenvalue weighted by molar-refractivity contribution is -0.136. The maximum atomic E-state index is 13.7. The zero-order valence-corrected chi connectivity index (χ0v) is 38.8. The third-order valence-corrected chi connectivity index (χ3v) is 11.5. The Bertz CT molecular complexity index is 2910. The Balaban J connectivity index is 0.827. The van der Waals surface area contributed by atoms with E-state index in [0.29, 0.717) is 102 Å². The molecule has 0 bridgehead atoms. The molecule has 5 aromatic carbocycles. The number of carbonyl (C=O) groups excluding carboxylic acids is 5. The molecule has 1 aromatic heterocycles. The summed E-state index contributed by atoms with van der Waals surface area (Å²) in [5, 5.41) is 6.20. The molecule has 17 heteroatoms. The molecule has 16 nitrogen and oxygen atoms in total. The fourth-order valence-corrected chi connectivity index (χ4v) is 7.97. The van der Waals surface area contributed by atoms with Gasteiger partial charge in [0.2, 0.25) is 17.7 Å². The summed E-state index contributed by atoms with van der Waals surface area (Å²) in [7, 11) is 1.46. The Morgan fingerprint density at radius 3 is 2.23 bits per heavy atom. The number of benzene rings is 5. The Morgan fingerprint density at radius 2 is 1.54 bits per heavy atom. The smallest absolute Gasteiger partial charge is 0.255 e. The van der Waals surface area contributed by atoms with Gasteiger partial charge in [0, 0.05) is 60.1 Å². The van der Waals surface area contributed by atoms with Crippen LogP contribution in [-0.2, 0) is 23.8 Å². The molecule has 1 saturated heterocycles. The quantitative estimate of drug-likeness (QED) is 0.0330. The van der Waals surface area contributed by atoms with Crippen LogP contribution in [0.5, 0.6) is 11.5 Å². The first-order valence-corrected chi connectivity index (χ1v) is 22.7. The van der Waals surface area contributed by atoms with E-state index in [0.717, 1.165) is 16.8 Å². The highest BCUT2D eigenvalue weighted by Crippen LogP contribution is 2.38. The number of nitrogens with one attached hydrogen (secondary N) is 2. The van der Waals surface area contributed by atoms with Crippen molar-refractivity contribution in [2.24, 2.45) is 5.73 Å². The molecule has 0 aliphatic carbocycles. The van der Waals surface area contributed by atoms with Gasteiger partial charge in [-0.1, -0.05) is 41.9 Å². The van der Waals surface area contributed by atoms with Gasteiger partial charge >= 0.3 is 0 Å². The highest BCUT2D eigenvalue weighted by molar-refractivity contribution is 6.33. The van der Waals surface area contributed by atoms with Gasteiger partial charge in [0.25, 0.3) is 5.91 Å². The number of rotatable bonds is 23. The molecule has 1 aliphatic rings. The van der Waals surface area contributed by atoms with Crippen LogP contribution >= 0.6 is 11.6 Å². The number of carbonyl (C=O) groups is 5. The molecule has 0 radical (unpaired) electrons. The number of hydrogen-bond donors (Lipinski definition) is 3. The monoisotopic (exact) mass is 958 g/mol. The fraction of sp³-hybridized carbons (Fsp3) is 0.269. The number of piperidine rings is 1. The van der Waals surface area contributed by atoms with Crippen LogP contribution in [-0.4, -0.2) is 107 Å². The number of nitrogens with two attached hydrogens (primary N) is 1. The van der Waals surface area contributed by atoms with Crippen LogP contribution in [0.4, 0.5) is 5.69 Å². The molecule has 7 rings (SSSR count). The van der Waals surface area contributed by atoms with Crippen molar-refractivity contribution in [2.75, 3.05) is 71.8 Å². The lowest BCUT2D eigenvalue weighted by Crippen LogP contribution is -2.53. The van der Waals surface area contributed by atoms with Gasteiger partial charge in [-0.3, -0.25) is 34.1 Å². The molecule has 1 aliphatic heterocycles. The molecule has 4 amide bonds. The zero-order chi connectivity index (χ0) is 48.9. The van der Waals surface area contributed by atoms with Gasteiger partial charge in [0.1, 0.15) is 35.5 Å². The van der Waals surface area contributed by atoms with E-state index in [1.165, 1.54) is 30.1 Å². The van der Waals surface area contributed by atoms with Crippen LogP contribution < -0.4 is 31.3 Å². The van der Waals surface area contributed by atoms with Crippen molar-refractivity contribution in [1.29, 1.82) is 0 Å². The maximum Gasteiger partial charge on any atom is 0.255 e. The van der Waals surface area contributed by atoms with Crippen LogP contribution in [0.3, 0.4) is 0 Å². The standard InChI is InChI=1S/C52H51ClN4O12/c1-3-67-46-30-48-42(28-41(46)34-23-33(24-35(25-34)50(54)61)32-7-5-4-6-8-32)45(59)29-47(69-48)40-11-9-37(27-43(40)53)55-15-16-64-17-18-65-19-20-66-21-22-68-38-10-12-39(36(26-38)31-58)52(63)57(2)44-13-14-49(60)56-51(44)62/h4-12,23-31,44,55H,3,13-22H2,1-2H3,(H2,54,61)(H,56,60,62). The number of fused-ring (bicyclic) bond motifs is 1. The Kier molecular flexibility index (Phi) is 16.9. The van der Waals surface area contributed by atoms with E-state index in [9.17, 15) is 28.8 Å². The van der Waals surface area contributed by atoms with Crippen LogP contribution in [0.2, 0.25) is 5.02 Å². The van der Waals surface area contributed by atoms with Crippen molar-refractivity contribution in [2.45, 2.75) is 25.8 Å². The number of aldehydes is 1. The number of primary amides is 1. The van der Waals surface area contributed by atoms with E-state index in [4.69, 9.17) is 45.4 Å². The minimum atomic E-state index is -0.812. The second-order valence-electron chi connectivity index (χ2n) is 15.8. The SMILES string of the molecule is CCOc1cc2oc(-c3ccc(NCCOCCOCCOCCOc4ccc(C(=O)N(C)C5CCC(=O)NC5=O)c(C=O)c4)cc3Cl)cc(=O)c2cc1-c1cc(C(N)=O)cc(-c2ccccc2)c1. The Hall–Kier alpha value is -7.37. The van der Waals surface area contributed by atoms with Crippen molar-refractivity contribution >= 4 is 58.2 Å². The lowest BCUT2D eigenvalue weighted by atomic mass is 9.94. The third-order valence-electron chi connectivity index (χ3n) is 11.2. The first kappa shape index (κ1) is 49.5. The average molecular weight is 959 g/mol. The van der Waals surface area contributed by atoms with Gasteiger partial charge in [-0.25, -0.2) is 0 Å². The predicted molar refractivity (Wildman–Crippen MR) is 260 cm³/mol. The molecule has 6 aromatic rings. The average Bonchev–Trinajstić information content (AvgIpc) is 3.35. The van der Waals surface area contributed by atoms with Crippen LogP contribution in [0, 0.1) is 0 Å². The molecule has 358 valence electrons. The van der Waals surface area contributed by atoms with Gasteiger partial charge in [-0.05, 0) is 90.7 Å². The van der Waals surface area contributed by atoms with Gasteiger partial charge < -0.3 is 44.1 Å². The minimum absolute atomic E-state index is 0.110. The van der Waals surface area contributed by atoms with Crippen molar-refractivity contribution in [3.05, 3.63) is 135 Å². The van der Waals surface area contributed by atoms with Gasteiger partial charge in [-0.15, -0.1) is 0 Å². The number of amides is 4. The molecule has 1 unspecified atom stereocenters. The van der Waals surface area contributed by atoms with E-state index >= 15 is 0 Å². The topological polar surface area (TPSA) is 215 Å². The lowest BCUT2D eigenvalue weighted by Gasteiger charge is -2.30. The second-order valence-corrected chi connectivity index (χ2v) is 16.2. The highest BCUT2D eigenvalue weighted by Gasteiger charge is 2.33. The summed E-state index contributed by atoms with van der Waals surface area (Å²) in [5.74, 6) is -0.905. The largest absolute Gasteiger partial charge is 0.493 e. The number of hydrogen-bond acceptors (Lipinski definition) is 13. The number of nitrogens with zero attached hydrogens (tertiary/aromatic N) is 1. The molecule has 1 atom stereocenters. The summed E-state index contributed by atoms with van der Waals surface area (Å²) < 4.78 is 34.9. The predicted octanol–water partition coefficient (Wildman–Crippen LogP) is 7.18. The molecule has 4 N–H and O–H groups in total. The second kappa shape index (κ2) is 23.6. The molecular weight excluding hydrogens is 908 g/mol. The number of anilines is 1. The first-order valence-electron chi connectivity index (χ1n) is 22.3. The molecule has 1 fully saturated rings. The van der Waals surface area contributed by atoms with Crippen molar-refractivity contribution in [3.63, 3.8) is 0 Å². The van der Waals surface area contributed by atoms with Crippen LogP contribution in [0.1, 0.15) is 50.8 Å². The highest BCUT2D eigenvalue weighted by atomic mass is 35.5. The van der Waals surface area contributed by atoms with Gasteiger partial charge in [0.15, 0.2) is 11.7 Å². The van der Waals surface area contributed by atoms with Gasteiger partial charge in [-0.2, -0.15) is 0 Å². The molecule has 2 heterocycles. The third kappa shape index (κ3) is 12.6. The summed E-state index contributed by atoms with van der Waals surface area (Å²) in [6.45, 7) is 4.94. The summed E-state index contributed by atoms with van der Waals surface area (Å²) in [5.41, 5.74) is 10.5. The van der Waals surface area contributed by atoms with E-state index in [-0.39, 0.29) is 54.3 Å². The van der Waals surface area contributed by atoms with Crippen LogP contribution in [0.15, 0.2) is 112 Å². The molecule has 0 spiro atoms. The Morgan fingerprint density at radius 1 is 0.812 bits per heavy atom. The summed E-state index contributed by atoms with van der Waals surface area (Å²) in [4.78, 5) is 75.8. The number of ether oxygens (including phenoxy) is 5. The van der Waals surface area contributed by atoms with Crippen LogP contribution in [0.25, 0.3) is 44.5 Å². The molecule has 0 saturated carbocycles. The van der Waals surface area contributed by atoms with E-state index in [1.54, 1.807) is 42.5 Å². The number of halogens is 1. The van der Waals surface area contributed by atoms with E-state index in [2.05, 4.69) is 10.6 Å². The normalized spacial score (nSPS) is 13.5. The van der Waals surface area contributed by atoms with E-state index < -0.39 is 23.8 Å². The zero-order valence-electron chi connectivity index (χ0n) is 38.0. The fourth-order valence-electron chi connectivity index (χ4n) is 7.70. The minimum Gasteiger partial charge on any atom is -0.493 e. The van der Waals surface area contributed by atoms with Gasteiger partial charge in [0.05, 0.1) is 62.2 Å². The van der Waals surface area contributed by atoms with Crippen molar-refractivity contribution in [3.8, 4) is 45.1 Å². The summed E-state index contributed by atoms with van der Waals surface area (Å²) in [6, 6.07) is 28.8. The number of imide groups is 1. The Labute approximate surface area is 402 Å². The van der Waals surface area contributed by atoms with Crippen molar-refractivity contribution < 1.29 is 52.1 Å².